The van der Waals surface area contributed by atoms with Crippen LogP contribution in [0.1, 0.15) is 19.3 Å². The Hall–Kier alpha value is -0.200. The SMILES string of the molecule is N#CC(N)CC1CCSCC1. The molecule has 1 aliphatic heterocycles. The molecular weight excluding hydrogens is 156 g/mol. The number of nitrogens with zero attached hydrogens (tertiary/aromatic N) is 1. The largest absolute Gasteiger partial charge is 0.316 e. The lowest BCUT2D eigenvalue weighted by Crippen LogP contribution is -2.23. The van der Waals surface area contributed by atoms with E-state index in [1.54, 1.807) is 0 Å². The van der Waals surface area contributed by atoms with Gasteiger partial charge in [0.1, 0.15) is 0 Å². The second-order valence-electron chi connectivity index (χ2n) is 3.03. The summed E-state index contributed by atoms with van der Waals surface area (Å²) in [6, 6.07) is 1.85. The van der Waals surface area contributed by atoms with Crippen molar-refractivity contribution >= 4 is 11.8 Å². The molecule has 2 nitrogen and oxygen atoms in total. The van der Waals surface area contributed by atoms with Crippen LogP contribution >= 0.6 is 11.8 Å². The van der Waals surface area contributed by atoms with Gasteiger partial charge in [-0.1, -0.05) is 0 Å². The zero-order valence-corrected chi connectivity index (χ0v) is 7.44. The van der Waals surface area contributed by atoms with Crippen LogP contribution in [0.15, 0.2) is 0 Å². The zero-order valence-electron chi connectivity index (χ0n) is 6.62. The summed E-state index contributed by atoms with van der Waals surface area (Å²) in [5.74, 6) is 3.22. The number of thioether (sulfide) groups is 1. The lowest BCUT2D eigenvalue weighted by molar-refractivity contribution is 0.436. The summed E-state index contributed by atoms with van der Waals surface area (Å²) in [7, 11) is 0. The first kappa shape index (κ1) is 8.89. The Bertz CT molecular complexity index is 147. The van der Waals surface area contributed by atoms with Crippen LogP contribution in [0.4, 0.5) is 0 Å². The summed E-state index contributed by atoms with van der Waals surface area (Å²) in [6.45, 7) is 0. The highest BCUT2D eigenvalue weighted by molar-refractivity contribution is 7.99. The minimum Gasteiger partial charge on any atom is -0.316 e. The molecule has 0 spiro atoms. The van der Waals surface area contributed by atoms with E-state index in [-0.39, 0.29) is 6.04 Å². The van der Waals surface area contributed by atoms with Crippen molar-refractivity contribution in [3.05, 3.63) is 0 Å². The summed E-state index contributed by atoms with van der Waals surface area (Å²) in [5, 5.41) is 8.49. The van der Waals surface area contributed by atoms with Crippen molar-refractivity contribution in [2.45, 2.75) is 25.3 Å². The molecule has 0 saturated carbocycles. The van der Waals surface area contributed by atoms with E-state index in [4.69, 9.17) is 11.0 Å². The predicted octanol–water partition coefficient (Wildman–Crippen LogP) is 1.37. The van der Waals surface area contributed by atoms with Gasteiger partial charge in [-0.05, 0) is 36.7 Å². The molecule has 1 fully saturated rings. The van der Waals surface area contributed by atoms with E-state index in [1.807, 2.05) is 11.8 Å². The van der Waals surface area contributed by atoms with Crippen LogP contribution in [-0.2, 0) is 0 Å². The van der Waals surface area contributed by atoms with Crippen LogP contribution in [0.25, 0.3) is 0 Å². The highest BCUT2D eigenvalue weighted by atomic mass is 32.2. The summed E-state index contributed by atoms with van der Waals surface area (Å²) >= 11 is 2.01. The average molecular weight is 170 g/mol. The normalized spacial score (nSPS) is 22.5. The number of rotatable bonds is 2. The molecule has 62 valence electrons. The Morgan fingerprint density at radius 2 is 2.18 bits per heavy atom. The molecule has 0 bridgehead atoms. The minimum absolute atomic E-state index is 0.233. The molecular formula is C8H14N2S. The fourth-order valence-corrected chi connectivity index (χ4v) is 2.60. The van der Waals surface area contributed by atoms with Crippen molar-refractivity contribution in [2.24, 2.45) is 11.7 Å². The fourth-order valence-electron chi connectivity index (χ4n) is 1.39. The minimum atomic E-state index is -0.233. The molecule has 1 aliphatic rings. The molecule has 1 atom stereocenters. The molecule has 3 heteroatoms. The van der Waals surface area contributed by atoms with Crippen molar-refractivity contribution in [2.75, 3.05) is 11.5 Å². The van der Waals surface area contributed by atoms with E-state index in [1.165, 1.54) is 24.3 Å². The molecule has 0 radical (unpaired) electrons. The quantitative estimate of drug-likeness (QED) is 0.681. The van der Waals surface area contributed by atoms with Crippen LogP contribution in [0.5, 0.6) is 0 Å². The molecule has 0 aromatic heterocycles. The molecule has 11 heavy (non-hydrogen) atoms. The van der Waals surface area contributed by atoms with Gasteiger partial charge in [-0.2, -0.15) is 17.0 Å². The van der Waals surface area contributed by atoms with E-state index in [9.17, 15) is 0 Å². The van der Waals surface area contributed by atoms with Crippen molar-refractivity contribution < 1.29 is 0 Å². The predicted molar refractivity (Wildman–Crippen MR) is 48.3 cm³/mol. The van der Waals surface area contributed by atoms with Crippen molar-refractivity contribution in [3.8, 4) is 6.07 Å². The van der Waals surface area contributed by atoms with Gasteiger partial charge in [0.2, 0.25) is 0 Å². The summed E-state index contributed by atoms with van der Waals surface area (Å²) in [4.78, 5) is 0. The molecule has 1 unspecified atom stereocenters. The third-order valence-electron chi connectivity index (χ3n) is 2.09. The van der Waals surface area contributed by atoms with Gasteiger partial charge in [0.25, 0.3) is 0 Å². The Kier molecular flexibility index (Phi) is 3.74. The van der Waals surface area contributed by atoms with Crippen LogP contribution in [0.2, 0.25) is 0 Å². The lowest BCUT2D eigenvalue weighted by atomic mass is 9.95. The van der Waals surface area contributed by atoms with Gasteiger partial charge in [0.15, 0.2) is 0 Å². The highest BCUT2D eigenvalue weighted by Crippen LogP contribution is 2.25. The van der Waals surface area contributed by atoms with E-state index >= 15 is 0 Å². The number of nitriles is 1. The topological polar surface area (TPSA) is 49.8 Å². The standard InChI is InChI=1S/C8H14N2S/c9-6-8(10)5-7-1-3-11-4-2-7/h7-8H,1-5,10H2. The van der Waals surface area contributed by atoms with E-state index in [0.717, 1.165) is 6.42 Å². The molecule has 0 aromatic carbocycles. The van der Waals surface area contributed by atoms with Gasteiger partial charge in [0.05, 0.1) is 12.1 Å². The summed E-state index contributed by atoms with van der Waals surface area (Å²) in [6.07, 6.45) is 3.40. The zero-order chi connectivity index (χ0) is 8.10. The molecule has 1 heterocycles. The third-order valence-corrected chi connectivity index (χ3v) is 3.14. The van der Waals surface area contributed by atoms with Crippen LogP contribution in [0.3, 0.4) is 0 Å². The molecule has 0 aliphatic carbocycles. The fraction of sp³-hybridized carbons (Fsp3) is 0.875. The van der Waals surface area contributed by atoms with E-state index < -0.39 is 0 Å². The second kappa shape index (κ2) is 4.63. The van der Waals surface area contributed by atoms with Crippen molar-refractivity contribution in [1.82, 2.24) is 0 Å². The number of hydrogen-bond donors (Lipinski definition) is 1. The first-order chi connectivity index (χ1) is 5.33. The Labute approximate surface area is 72.1 Å². The maximum absolute atomic E-state index is 8.49. The van der Waals surface area contributed by atoms with Gasteiger partial charge >= 0.3 is 0 Å². The van der Waals surface area contributed by atoms with E-state index in [2.05, 4.69) is 6.07 Å². The van der Waals surface area contributed by atoms with Gasteiger partial charge in [0, 0.05) is 0 Å². The van der Waals surface area contributed by atoms with Crippen molar-refractivity contribution in [1.29, 1.82) is 5.26 Å². The third kappa shape index (κ3) is 3.13. The number of nitrogens with two attached hydrogens (primary N) is 1. The monoisotopic (exact) mass is 170 g/mol. The first-order valence-electron chi connectivity index (χ1n) is 4.06. The molecule has 0 aromatic rings. The van der Waals surface area contributed by atoms with Crippen molar-refractivity contribution in [3.63, 3.8) is 0 Å². The van der Waals surface area contributed by atoms with Crippen LogP contribution < -0.4 is 5.73 Å². The van der Waals surface area contributed by atoms with Gasteiger partial charge in [-0.15, -0.1) is 0 Å². The van der Waals surface area contributed by atoms with E-state index in [0.29, 0.717) is 5.92 Å². The summed E-state index contributed by atoms with van der Waals surface area (Å²) < 4.78 is 0. The van der Waals surface area contributed by atoms with Gasteiger partial charge < -0.3 is 5.73 Å². The molecule has 1 saturated heterocycles. The Balaban J connectivity index is 2.20. The number of hydrogen-bond acceptors (Lipinski definition) is 3. The Morgan fingerprint density at radius 3 is 2.73 bits per heavy atom. The first-order valence-corrected chi connectivity index (χ1v) is 5.21. The average Bonchev–Trinajstić information content (AvgIpc) is 2.06. The Morgan fingerprint density at radius 1 is 1.55 bits per heavy atom. The molecule has 0 amide bonds. The van der Waals surface area contributed by atoms with Gasteiger partial charge in [-0.3, -0.25) is 0 Å². The summed E-state index contributed by atoms with van der Waals surface area (Å²) in [5.41, 5.74) is 5.54. The molecule has 2 N–H and O–H groups in total. The molecule has 1 rings (SSSR count). The maximum Gasteiger partial charge on any atom is 0.0930 e. The lowest BCUT2D eigenvalue weighted by Gasteiger charge is -2.21. The maximum atomic E-state index is 8.49. The highest BCUT2D eigenvalue weighted by Gasteiger charge is 2.16. The smallest absolute Gasteiger partial charge is 0.0930 e. The van der Waals surface area contributed by atoms with Crippen LogP contribution in [-0.4, -0.2) is 17.5 Å². The van der Waals surface area contributed by atoms with Crippen LogP contribution in [0, 0.1) is 17.2 Å². The second-order valence-corrected chi connectivity index (χ2v) is 4.25. The van der Waals surface area contributed by atoms with Gasteiger partial charge in [-0.25, -0.2) is 0 Å².